The van der Waals surface area contributed by atoms with Crippen LogP contribution in [0.3, 0.4) is 0 Å². The zero-order chi connectivity index (χ0) is 14.4. The van der Waals surface area contributed by atoms with Crippen molar-refractivity contribution in [1.29, 1.82) is 0 Å². The minimum absolute atomic E-state index is 0.140. The van der Waals surface area contributed by atoms with E-state index in [4.69, 9.17) is 0 Å². The molecule has 1 N–H and O–H groups in total. The molecule has 3 heteroatoms. The van der Waals surface area contributed by atoms with E-state index in [2.05, 4.69) is 34.2 Å². The summed E-state index contributed by atoms with van der Waals surface area (Å²) in [7, 11) is 0. The van der Waals surface area contributed by atoms with Gasteiger partial charge in [0.15, 0.2) is 0 Å². The van der Waals surface area contributed by atoms with E-state index >= 15 is 0 Å². The molecule has 0 amide bonds. The van der Waals surface area contributed by atoms with Crippen LogP contribution in [0.5, 0.6) is 0 Å². The molecule has 2 unspecified atom stereocenters. The lowest BCUT2D eigenvalue weighted by atomic mass is 9.76. The Morgan fingerprint density at radius 1 is 1.25 bits per heavy atom. The average Bonchev–Trinajstić information content (AvgIpc) is 2.46. The summed E-state index contributed by atoms with van der Waals surface area (Å²) in [5.74, 6) is 1.29. The summed E-state index contributed by atoms with van der Waals surface area (Å²) in [6, 6.07) is 5.40. The molecule has 0 aromatic heterocycles. The maximum Gasteiger partial charge on any atom is 0.137 e. The third kappa shape index (κ3) is 4.29. The van der Waals surface area contributed by atoms with E-state index in [1.54, 1.807) is 0 Å². The van der Waals surface area contributed by atoms with Crippen LogP contribution in [-0.4, -0.2) is 13.1 Å². The van der Waals surface area contributed by atoms with Gasteiger partial charge in [0, 0.05) is 0 Å². The van der Waals surface area contributed by atoms with Crippen LogP contribution in [0.4, 0.5) is 4.39 Å². The van der Waals surface area contributed by atoms with E-state index in [9.17, 15) is 4.39 Å². The van der Waals surface area contributed by atoms with Gasteiger partial charge >= 0.3 is 0 Å². The molecule has 2 rings (SSSR count). The predicted octanol–water partition coefficient (Wildman–Crippen LogP) is 4.94. The lowest BCUT2D eigenvalue weighted by Crippen LogP contribution is -2.32. The van der Waals surface area contributed by atoms with E-state index in [0.717, 1.165) is 31.0 Å². The third-order valence-corrected chi connectivity index (χ3v) is 5.30. The van der Waals surface area contributed by atoms with Crippen LogP contribution in [0.25, 0.3) is 0 Å². The van der Waals surface area contributed by atoms with E-state index < -0.39 is 0 Å². The fraction of sp³-hybridized carbons (Fsp3) is 0.647. The molecule has 2 atom stereocenters. The van der Waals surface area contributed by atoms with Crippen molar-refractivity contribution in [2.75, 3.05) is 13.1 Å². The fourth-order valence-electron chi connectivity index (χ4n) is 3.27. The third-order valence-electron chi connectivity index (χ3n) is 4.41. The molecular weight excluding hydrogens is 317 g/mol. The minimum Gasteiger partial charge on any atom is -0.316 e. The maximum atomic E-state index is 13.6. The van der Waals surface area contributed by atoms with Crippen molar-refractivity contribution < 1.29 is 4.39 Å². The van der Waals surface area contributed by atoms with Crippen LogP contribution in [-0.2, 0) is 6.42 Å². The number of rotatable bonds is 6. The molecule has 0 spiro atoms. The van der Waals surface area contributed by atoms with Gasteiger partial charge < -0.3 is 5.32 Å². The summed E-state index contributed by atoms with van der Waals surface area (Å²) in [5, 5.41) is 3.56. The SMILES string of the molecule is CCCNCC1CCCCC1Cc1cccc(F)c1Br. The smallest absolute Gasteiger partial charge is 0.137 e. The molecule has 1 aromatic carbocycles. The molecule has 1 saturated carbocycles. The van der Waals surface area contributed by atoms with E-state index in [0.29, 0.717) is 10.4 Å². The molecule has 1 aliphatic carbocycles. The molecule has 0 saturated heterocycles. The number of nitrogens with one attached hydrogen (secondary N) is 1. The standard InChI is InChI=1S/C17H25BrFN/c1-2-10-20-12-15-7-4-3-6-13(15)11-14-8-5-9-16(19)17(14)18/h5,8-9,13,15,20H,2-4,6-7,10-12H2,1H3. The van der Waals surface area contributed by atoms with Crippen molar-refractivity contribution in [3.8, 4) is 0 Å². The average molecular weight is 342 g/mol. The quantitative estimate of drug-likeness (QED) is 0.723. The van der Waals surface area contributed by atoms with Gasteiger partial charge in [-0.3, -0.25) is 0 Å². The highest BCUT2D eigenvalue weighted by Gasteiger charge is 2.25. The highest BCUT2D eigenvalue weighted by atomic mass is 79.9. The van der Waals surface area contributed by atoms with Crippen molar-refractivity contribution in [3.05, 3.63) is 34.1 Å². The molecule has 1 nitrogen and oxygen atoms in total. The van der Waals surface area contributed by atoms with Gasteiger partial charge in [-0.25, -0.2) is 4.39 Å². The van der Waals surface area contributed by atoms with Gasteiger partial charge in [0.05, 0.1) is 4.47 Å². The summed E-state index contributed by atoms with van der Waals surface area (Å²) in [4.78, 5) is 0. The van der Waals surface area contributed by atoms with Gasteiger partial charge in [-0.05, 0) is 78.2 Å². The van der Waals surface area contributed by atoms with Crippen molar-refractivity contribution in [2.24, 2.45) is 11.8 Å². The van der Waals surface area contributed by atoms with Gasteiger partial charge in [-0.15, -0.1) is 0 Å². The second-order valence-corrected chi connectivity index (χ2v) is 6.72. The fourth-order valence-corrected chi connectivity index (χ4v) is 3.70. The van der Waals surface area contributed by atoms with E-state index in [-0.39, 0.29) is 5.82 Å². The maximum absolute atomic E-state index is 13.6. The van der Waals surface area contributed by atoms with Crippen molar-refractivity contribution in [3.63, 3.8) is 0 Å². The highest BCUT2D eigenvalue weighted by Crippen LogP contribution is 2.34. The van der Waals surface area contributed by atoms with Crippen LogP contribution < -0.4 is 5.32 Å². The Kier molecular flexibility index (Phi) is 6.50. The molecule has 112 valence electrons. The number of hydrogen-bond donors (Lipinski definition) is 1. The summed E-state index contributed by atoms with van der Waals surface area (Å²) in [5.41, 5.74) is 1.12. The Bertz CT molecular complexity index is 421. The largest absolute Gasteiger partial charge is 0.316 e. The Hall–Kier alpha value is -0.410. The monoisotopic (exact) mass is 341 g/mol. The van der Waals surface area contributed by atoms with Gasteiger partial charge in [0.25, 0.3) is 0 Å². The topological polar surface area (TPSA) is 12.0 Å². The van der Waals surface area contributed by atoms with Crippen LogP contribution >= 0.6 is 15.9 Å². The normalized spacial score (nSPS) is 22.9. The first-order valence-electron chi connectivity index (χ1n) is 7.86. The van der Waals surface area contributed by atoms with Crippen LogP contribution in [0.1, 0.15) is 44.6 Å². The molecule has 0 aliphatic heterocycles. The highest BCUT2D eigenvalue weighted by molar-refractivity contribution is 9.10. The van der Waals surface area contributed by atoms with Gasteiger partial charge in [-0.2, -0.15) is 0 Å². The first kappa shape index (κ1) is 16.0. The molecule has 1 fully saturated rings. The van der Waals surface area contributed by atoms with Crippen LogP contribution in [0.2, 0.25) is 0 Å². The first-order valence-corrected chi connectivity index (χ1v) is 8.65. The Morgan fingerprint density at radius 2 is 2.00 bits per heavy atom. The van der Waals surface area contributed by atoms with Crippen LogP contribution in [0.15, 0.2) is 22.7 Å². The lowest BCUT2D eigenvalue weighted by molar-refractivity contribution is 0.228. The number of hydrogen-bond acceptors (Lipinski definition) is 1. The minimum atomic E-state index is -0.140. The Labute approximate surface area is 130 Å². The second-order valence-electron chi connectivity index (χ2n) is 5.93. The molecular formula is C17H25BrFN. The van der Waals surface area contributed by atoms with Gasteiger partial charge in [-0.1, -0.05) is 31.9 Å². The number of halogens is 2. The summed E-state index contributed by atoms with van der Waals surface area (Å²) in [6.07, 6.45) is 7.44. The number of benzene rings is 1. The van der Waals surface area contributed by atoms with Crippen molar-refractivity contribution in [2.45, 2.75) is 45.4 Å². The summed E-state index contributed by atoms with van der Waals surface area (Å²) >= 11 is 3.40. The lowest BCUT2D eigenvalue weighted by Gasteiger charge is -2.32. The molecule has 20 heavy (non-hydrogen) atoms. The van der Waals surface area contributed by atoms with E-state index in [1.807, 2.05) is 6.07 Å². The molecule has 1 aromatic rings. The van der Waals surface area contributed by atoms with E-state index in [1.165, 1.54) is 38.2 Å². The zero-order valence-corrected chi connectivity index (χ0v) is 13.9. The second kappa shape index (κ2) is 8.14. The molecule has 0 heterocycles. The van der Waals surface area contributed by atoms with Crippen molar-refractivity contribution >= 4 is 15.9 Å². The summed E-state index contributed by atoms with van der Waals surface area (Å²) < 4.78 is 14.3. The zero-order valence-electron chi connectivity index (χ0n) is 12.3. The Morgan fingerprint density at radius 3 is 2.75 bits per heavy atom. The van der Waals surface area contributed by atoms with Gasteiger partial charge in [0.1, 0.15) is 5.82 Å². The van der Waals surface area contributed by atoms with Crippen molar-refractivity contribution in [1.82, 2.24) is 5.32 Å². The molecule has 0 radical (unpaired) electrons. The molecule has 0 bridgehead atoms. The summed E-state index contributed by atoms with van der Waals surface area (Å²) in [6.45, 7) is 4.42. The van der Waals surface area contributed by atoms with Gasteiger partial charge in [0.2, 0.25) is 0 Å². The Balaban J connectivity index is 1.99. The van der Waals surface area contributed by atoms with Crippen LogP contribution in [0, 0.1) is 17.7 Å². The predicted molar refractivity (Wildman–Crippen MR) is 86.4 cm³/mol. The first-order chi connectivity index (χ1) is 9.72. The molecule has 1 aliphatic rings.